The number of amides is 3. The van der Waals surface area contributed by atoms with Gasteiger partial charge in [0.2, 0.25) is 5.91 Å². The number of fused-ring (bicyclic) bond motifs is 1. The van der Waals surface area contributed by atoms with Gasteiger partial charge >= 0.3 is 5.97 Å². The molecule has 0 fully saturated rings. The molecule has 8 nitrogen and oxygen atoms in total. The third-order valence-corrected chi connectivity index (χ3v) is 4.64. The Balaban J connectivity index is 1.93. The minimum absolute atomic E-state index is 0.0194. The van der Waals surface area contributed by atoms with Gasteiger partial charge in [0.25, 0.3) is 11.8 Å². The summed E-state index contributed by atoms with van der Waals surface area (Å²) in [7, 11) is 0. The first-order valence-electron chi connectivity index (χ1n) is 9.04. The molecule has 2 aromatic rings. The van der Waals surface area contributed by atoms with Gasteiger partial charge in [-0.3, -0.25) is 19.3 Å². The lowest BCUT2D eigenvalue weighted by Crippen LogP contribution is -2.48. The van der Waals surface area contributed by atoms with Crippen molar-refractivity contribution in [2.24, 2.45) is 5.92 Å². The van der Waals surface area contributed by atoms with Gasteiger partial charge in [0.05, 0.1) is 22.4 Å². The van der Waals surface area contributed by atoms with E-state index in [-0.39, 0.29) is 40.5 Å². The Hall–Kier alpha value is -3.68. The highest BCUT2D eigenvalue weighted by Crippen LogP contribution is 2.29. The molecule has 0 saturated carbocycles. The summed E-state index contributed by atoms with van der Waals surface area (Å²) in [6.45, 7) is 3.70. The predicted octanol–water partition coefficient (Wildman–Crippen LogP) is 2.74. The van der Waals surface area contributed by atoms with E-state index in [2.05, 4.69) is 5.32 Å². The Morgan fingerprint density at radius 2 is 1.62 bits per heavy atom. The summed E-state index contributed by atoms with van der Waals surface area (Å²) < 4.78 is 0. The fourth-order valence-corrected chi connectivity index (χ4v) is 3.25. The number of benzene rings is 2. The predicted molar refractivity (Wildman–Crippen MR) is 104 cm³/mol. The number of carboxylic acid groups (broad SMARTS) is 1. The maximum absolute atomic E-state index is 13.0. The molecule has 3 N–H and O–H groups in total. The third-order valence-electron chi connectivity index (χ3n) is 4.64. The van der Waals surface area contributed by atoms with E-state index in [4.69, 9.17) is 5.11 Å². The molecule has 0 bridgehead atoms. The molecule has 0 radical (unpaired) electrons. The maximum atomic E-state index is 13.0. The van der Waals surface area contributed by atoms with Gasteiger partial charge in [0, 0.05) is 0 Å². The summed E-state index contributed by atoms with van der Waals surface area (Å²) in [5, 5.41) is 21.6. The molecular weight excluding hydrogens is 376 g/mol. The Morgan fingerprint density at radius 1 is 1.03 bits per heavy atom. The average Bonchev–Trinajstić information content (AvgIpc) is 2.92. The first-order chi connectivity index (χ1) is 13.7. The van der Waals surface area contributed by atoms with Crippen LogP contribution >= 0.6 is 0 Å². The fourth-order valence-electron chi connectivity index (χ4n) is 3.25. The molecule has 1 aliphatic rings. The van der Waals surface area contributed by atoms with E-state index in [1.807, 2.05) is 13.8 Å². The van der Waals surface area contributed by atoms with Crippen molar-refractivity contribution >= 4 is 29.4 Å². The smallest absolute Gasteiger partial charge is 0.335 e. The first-order valence-corrected chi connectivity index (χ1v) is 9.04. The van der Waals surface area contributed by atoms with Crippen LogP contribution in [0.4, 0.5) is 5.69 Å². The second-order valence-corrected chi connectivity index (χ2v) is 7.20. The number of hydrogen-bond donors (Lipinski definition) is 3. The quantitative estimate of drug-likeness (QED) is 0.509. The molecule has 0 saturated heterocycles. The molecule has 3 amide bonds. The van der Waals surface area contributed by atoms with E-state index in [0.29, 0.717) is 0 Å². The highest BCUT2D eigenvalue weighted by Gasteiger charge is 2.42. The SMILES string of the molecule is CC(C)CC(C(=O)Nc1cc(C(=O)O)ccc1O)N1C(=O)c2ccccc2C1=O. The molecule has 29 heavy (non-hydrogen) atoms. The Morgan fingerprint density at radius 3 is 2.14 bits per heavy atom. The Bertz CT molecular complexity index is 979. The number of anilines is 1. The number of carbonyl (C=O) groups is 4. The minimum atomic E-state index is -1.22. The van der Waals surface area contributed by atoms with Crippen molar-refractivity contribution in [2.45, 2.75) is 26.3 Å². The molecule has 2 aromatic carbocycles. The first kappa shape index (κ1) is 20.1. The van der Waals surface area contributed by atoms with Gasteiger partial charge in [-0.1, -0.05) is 26.0 Å². The van der Waals surface area contributed by atoms with Crippen LogP contribution in [-0.4, -0.2) is 44.8 Å². The molecular formula is C21H20N2O6. The van der Waals surface area contributed by atoms with E-state index >= 15 is 0 Å². The van der Waals surface area contributed by atoms with E-state index in [1.165, 1.54) is 18.2 Å². The van der Waals surface area contributed by atoms with Crippen LogP contribution in [0.1, 0.15) is 51.3 Å². The summed E-state index contributed by atoms with van der Waals surface area (Å²) >= 11 is 0. The molecule has 1 heterocycles. The number of imide groups is 1. The number of phenols is 1. The number of aromatic carboxylic acids is 1. The van der Waals surface area contributed by atoms with Gasteiger partial charge in [-0.05, 0) is 42.7 Å². The number of nitrogens with one attached hydrogen (secondary N) is 1. The standard InChI is InChI=1S/C21H20N2O6/c1-11(2)9-16(23-19(26)13-5-3-4-6-14(13)20(23)27)18(25)22-15-10-12(21(28)29)7-8-17(15)24/h3-8,10-11,16,24H,9H2,1-2H3,(H,22,25)(H,28,29). The highest BCUT2D eigenvalue weighted by atomic mass is 16.4. The summed E-state index contributed by atoms with van der Waals surface area (Å²) in [5.41, 5.74) is 0.226. The van der Waals surface area contributed by atoms with Crippen LogP contribution in [0.3, 0.4) is 0 Å². The van der Waals surface area contributed by atoms with E-state index in [9.17, 15) is 24.3 Å². The van der Waals surface area contributed by atoms with E-state index in [1.54, 1.807) is 12.1 Å². The third kappa shape index (κ3) is 3.82. The minimum Gasteiger partial charge on any atom is -0.506 e. The Kier molecular flexibility index (Phi) is 5.36. The van der Waals surface area contributed by atoms with Gasteiger partial charge in [-0.25, -0.2) is 4.79 Å². The molecule has 0 aliphatic carbocycles. The van der Waals surface area contributed by atoms with E-state index in [0.717, 1.165) is 17.0 Å². The zero-order valence-electron chi connectivity index (χ0n) is 15.9. The topological polar surface area (TPSA) is 124 Å². The monoisotopic (exact) mass is 396 g/mol. The maximum Gasteiger partial charge on any atom is 0.335 e. The summed E-state index contributed by atoms with van der Waals surface area (Å²) in [5.74, 6) is -3.38. The van der Waals surface area contributed by atoms with Crippen LogP contribution in [0.25, 0.3) is 0 Å². The van der Waals surface area contributed by atoms with Crippen molar-refractivity contribution in [3.63, 3.8) is 0 Å². The van der Waals surface area contributed by atoms with Gasteiger partial charge in [0.15, 0.2) is 0 Å². The van der Waals surface area contributed by atoms with Gasteiger partial charge in [-0.15, -0.1) is 0 Å². The second-order valence-electron chi connectivity index (χ2n) is 7.20. The number of carboxylic acids is 1. The second kappa shape index (κ2) is 7.75. The number of phenolic OH excluding ortho intramolecular Hbond substituents is 1. The molecule has 0 aromatic heterocycles. The highest BCUT2D eigenvalue weighted by molar-refractivity contribution is 6.23. The number of rotatable bonds is 6. The van der Waals surface area contributed by atoms with Crippen LogP contribution in [0.15, 0.2) is 42.5 Å². The molecule has 1 aliphatic heterocycles. The molecule has 8 heteroatoms. The number of nitrogens with zero attached hydrogens (tertiary/aromatic N) is 1. The van der Waals surface area contributed by atoms with Crippen LogP contribution in [0, 0.1) is 5.92 Å². The van der Waals surface area contributed by atoms with Crippen molar-refractivity contribution in [2.75, 3.05) is 5.32 Å². The summed E-state index contributed by atoms with van der Waals surface area (Å²) in [6, 6.07) is 8.69. The Labute approximate surface area is 166 Å². The van der Waals surface area contributed by atoms with Crippen LogP contribution in [0.5, 0.6) is 5.75 Å². The van der Waals surface area contributed by atoms with Crippen LogP contribution in [-0.2, 0) is 4.79 Å². The number of aromatic hydroxyl groups is 1. The van der Waals surface area contributed by atoms with Crippen molar-refractivity contribution in [3.8, 4) is 5.75 Å². The van der Waals surface area contributed by atoms with Crippen molar-refractivity contribution < 1.29 is 29.4 Å². The zero-order chi connectivity index (χ0) is 21.3. The molecule has 1 atom stereocenters. The fraction of sp³-hybridized carbons (Fsp3) is 0.238. The lowest BCUT2D eigenvalue weighted by atomic mass is 10.0. The van der Waals surface area contributed by atoms with Crippen molar-refractivity contribution in [1.29, 1.82) is 0 Å². The number of carbonyl (C=O) groups excluding carboxylic acids is 3. The van der Waals surface area contributed by atoms with Crippen molar-refractivity contribution in [1.82, 2.24) is 4.90 Å². The van der Waals surface area contributed by atoms with Crippen LogP contribution in [0.2, 0.25) is 0 Å². The lowest BCUT2D eigenvalue weighted by Gasteiger charge is -2.27. The number of hydrogen-bond acceptors (Lipinski definition) is 5. The van der Waals surface area contributed by atoms with Crippen LogP contribution < -0.4 is 5.32 Å². The normalized spacial score (nSPS) is 14.1. The van der Waals surface area contributed by atoms with Crippen molar-refractivity contribution in [3.05, 3.63) is 59.2 Å². The average molecular weight is 396 g/mol. The van der Waals surface area contributed by atoms with Gasteiger partial charge in [0.1, 0.15) is 11.8 Å². The van der Waals surface area contributed by atoms with E-state index < -0.39 is 29.7 Å². The molecule has 0 spiro atoms. The molecule has 150 valence electrons. The van der Waals surface area contributed by atoms with Gasteiger partial charge < -0.3 is 15.5 Å². The molecule has 1 unspecified atom stereocenters. The van der Waals surface area contributed by atoms with Gasteiger partial charge in [-0.2, -0.15) is 0 Å². The lowest BCUT2D eigenvalue weighted by molar-refractivity contribution is -0.120. The molecule has 3 rings (SSSR count). The zero-order valence-corrected chi connectivity index (χ0v) is 15.9. The largest absolute Gasteiger partial charge is 0.506 e. The summed E-state index contributed by atoms with van der Waals surface area (Å²) in [4.78, 5) is 50.7. The summed E-state index contributed by atoms with van der Waals surface area (Å²) in [6.07, 6.45) is 0.205.